The summed E-state index contributed by atoms with van der Waals surface area (Å²) in [6.45, 7) is 24.3. The zero-order chi connectivity index (χ0) is 24.2. The van der Waals surface area contributed by atoms with Gasteiger partial charge in [0.15, 0.2) is 0 Å². The Hall–Kier alpha value is -1.62. The Kier molecular flexibility index (Phi) is 8.41. The highest BCUT2D eigenvalue weighted by atomic mass is 16.5. The Bertz CT molecular complexity index is 805. The highest BCUT2D eigenvalue weighted by Gasteiger charge is 2.40. The molecule has 1 aromatic rings. The number of anilines is 1. The second-order valence-electron chi connectivity index (χ2n) is 11.4. The predicted molar refractivity (Wildman–Crippen MR) is 137 cm³/mol. The summed E-state index contributed by atoms with van der Waals surface area (Å²) in [5.74, 6) is 0. The molecule has 1 aliphatic rings. The van der Waals surface area contributed by atoms with Crippen LogP contribution < -0.4 is 10.6 Å². The normalized spacial score (nSPS) is 17.7. The third-order valence-corrected chi connectivity index (χ3v) is 6.59. The lowest BCUT2D eigenvalue weighted by Gasteiger charge is -2.32. The maximum Gasteiger partial charge on any atom is 0.0653 e. The summed E-state index contributed by atoms with van der Waals surface area (Å²) in [4.78, 5) is 2.43. The number of fused-ring (bicyclic) bond motifs is 1. The molecule has 4 heteroatoms. The van der Waals surface area contributed by atoms with Gasteiger partial charge in [-0.2, -0.15) is 0 Å². The number of hydrogen-bond acceptors (Lipinski definition) is 4. The van der Waals surface area contributed by atoms with E-state index in [1.165, 1.54) is 16.9 Å². The van der Waals surface area contributed by atoms with Crippen molar-refractivity contribution in [1.29, 1.82) is 0 Å². The van der Waals surface area contributed by atoms with Gasteiger partial charge in [0.1, 0.15) is 0 Å². The molecule has 0 unspecified atom stereocenters. The van der Waals surface area contributed by atoms with Gasteiger partial charge in [-0.25, -0.2) is 0 Å². The van der Waals surface area contributed by atoms with E-state index in [9.17, 15) is 0 Å². The number of nitrogens with zero attached hydrogens (tertiary/aromatic N) is 1. The van der Waals surface area contributed by atoms with Crippen molar-refractivity contribution in [2.24, 2.45) is 11.1 Å². The molecular weight excluding hydrogens is 396 g/mol. The molecule has 180 valence electrons. The van der Waals surface area contributed by atoms with E-state index < -0.39 is 0 Å². The van der Waals surface area contributed by atoms with Gasteiger partial charge in [-0.05, 0) is 58.7 Å². The smallest absolute Gasteiger partial charge is 0.0653 e. The van der Waals surface area contributed by atoms with E-state index in [2.05, 4.69) is 97.2 Å². The van der Waals surface area contributed by atoms with Crippen molar-refractivity contribution >= 4 is 5.69 Å². The van der Waals surface area contributed by atoms with Crippen LogP contribution in [0.2, 0.25) is 0 Å². The molecule has 0 spiro atoms. The summed E-state index contributed by atoms with van der Waals surface area (Å²) in [5.41, 5.74) is 9.06. The maximum atomic E-state index is 6.36. The van der Waals surface area contributed by atoms with Crippen LogP contribution in [0, 0.1) is 5.41 Å². The van der Waals surface area contributed by atoms with Crippen molar-refractivity contribution < 1.29 is 9.47 Å². The standard InChI is InChI=1S/C28H46N2O2/c1-10-25(2,3)21-24-28(8,9)22-13-11-12-14-23(22)30(24)18-20-32-27(6,7)16-19-31-26(4,5)15-17-29/h10-14,21H,1,15-20,29H2,2-9H3/b24-21+. The van der Waals surface area contributed by atoms with Crippen LogP contribution in [0.3, 0.4) is 0 Å². The lowest BCUT2D eigenvalue weighted by atomic mass is 9.80. The average molecular weight is 443 g/mol. The van der Waals surface area contributed by atoms with Gasteiger partial charge >= 0.3 is 0 Å². The van der Waals surface area contributed by atoms with E-state index in [1.807, 2.05) is 6.08 Å². The minimum absolute atomic E-state index is 0.0607. The molecule has 0 aliphatic carbocycles. The predicted octanol–water partition coefficient (Wildman–Crippen LogP) is 6.21. The second-order valence-corrected chi connectivity index (χ2v) is 11.4. The van der Waals surface area contributed by atoms with Crippen LogP contribution in [-0.4, -0.2) is 37.5 Å². The summed E-state index contributed by atoms with van der Waals surface area (Å²) in [6, 6.07) is 8.72. The minimum Gasteiger partial charge on any atom is -0.375 e. The van der Waals surface area contributed by atoms with Crippen LogP contribution >= 0.6 is 0 Å². The minimum atomic E-state index is -0.252. The molecule has 4 nitrogen and oxygen atoms in total. The number of nitrogens with two attached hydrogens (primary N) is 1. The molecule has 1 heterocycles. The monoisotopic (exact) mass is 442 g/mol. The molecule has 0 saturated heterocycles. The van der Waals surface area contributed by atoms with Crippen LogP contribution in [-0.2, 0) is 14.9 Å². The molecule has 32 heavy (non-hydrogen) atoms. The van der Waals surface area contributed by atoms with Crippen LogP contribution in [0.4, 0.5) is 5.69 Å². The Morgan fingerprint density at radius 2 is 1.56 bits per heavy atom. The molecule has 0 bridgehead atoms. The molecule has 1 aliphatic heterocycles. The van der Waals surface area contributed by atoms with Crippen molar-refractivity contribution in [2.45, 2.75) is 84.8 Å². The maximum absolute atomic E-state index is 6.36. The Morgan fingerprint density at radius 1 is 0.969 bits per heavy atom. The Morgan fingerprint density at radius 3 is 2.19 bits per heavy atom. The average Bonchev–Trinajstić information content (AvgIpc) is 2.89. The van der Waals surface area contributed by atoms with Gasteiger partial charge in [0.2, 0.25) is 0 Å². The molecule has 0 fully saturated rings. The van der Waals surface area contributed by atoms with Crippen LogP contribution in [0.1, 0.15) is 73.8 Å². The van der Waals surface area contributed by atoms with Gasteiger partial charge < -0.3 is 20.1 Å². The quantitative estimate of drug-likeness (QED) is 0.391. The lowest BCUT2D eigenvalue weighted by Crippen LogP contribution is -2.35. The summed E-state index contributed by atoms with van der Waals surface area (Å²) in [6.07, 6.45) is 6.07. The molecule has 0 atom stereocenters. The molecule has 0 aromatic heterocycles. The van der Waals surface area contributed by atoms with Crippen LogP contribution in [0.5, 0.6) is 0 Å². The van der Waals surface area contributed by atoms with Gasteiger partial charge in [-0.1, -0.05) is 58.0 Å². The van der Waals surface area contributed by atoms with Crippen molar-refractivity contribution in [3.63, 3.8) is 0 Å². The van der Waals surface area contributed by atoms with Gasteiger partial charge in [-0.3, -0.25) is 0 Å². The van der Waals surface area contributed by atoms with E-state index in [0.717, 1.165) is 19.4 Å². The van der Waals surface area contributed by atoms with E-state index in [0.29, 0.717) is 19.8 Å². The van der Waals surface area contributed by atoms with Gasteiger partial charge in [0.25, 0.3) is 0 Å². The number of hydrogen-bond donors (Lipinski definition) is 1. The highest BCUT2D eigenvalue weighted by Crippen LogP contribution is 2.48. The fourth-order valence-corrected chi connectivity index (χ4v) is 4.23. The summed E-state index contributed by atoms with van der Waals surface area (Å²) >= 11 is 0. The van der Waals surface area contributed by atoms with Crippen molar-refractivity contribution in [3.8, 4) is 0 Å². The van der Waals surface area contributed by atoms with Crippen LogP contribution in [0.15, 0.2) is 48.7 Å². The SMILES string of the molecule is C=CC(C)(C)/C=C1/N(CCOC(C)(C)CCOC(C)(C)CCN)c2ccccc2C1(C)C. The first kappa shape index (κ1) is 26.6. The highest BCUT2D eigenvalue weighted by molar-refractivity contribution is 5.70. The van der Waals surface area contributed by atoms with Crippen molar-refractivity contribution in [1.82, 2.24) is 0 Å². The van der Waals surface area contributed by atoms with E-state index in [4.69, 9.17) is 15.2 Å². The second kappa shape index (κ2) is 10.1. The largest absolute Gasteiger partial charge is 0.375 e. The van der Waals surface area contributed by atoms with Crippen LogP contribution in [0.25, 0.3) is 0 Å². The number of allylic oxidation sites excluding steroid dienone is 3. The number of benzene rings is 1. The number of ether oxygens (including phenoxy) is 2. The van der Waals surface area contributed by atoms with E-state index >= 15 is 0 Å². The third-order valence-electron chi connectivity index (χ3n) is 6.59. The van der Waals surface area contributed by atoms with Crippen molar-refractivity contribution in [2.75, 3.05) is 31.2 Å². The molecule has 2 N–H and O–H groups in total. The van der Waals surface area contributed by atoms with Gasteiger partial charge in [-0.15, -0.1) is 6.58 Å². The molecular formula is C28H46N2O2. The number of rotatable bonds is 12. The topological polar surface area (TPSA) is 47.7 Å². The zero-order valence-electron chi connectivity index (χ0n) is 21.8. The summed E-state index contributed by atoms with van der Waals surface area (Å²) < 4.78 is 12.4. The molecule has 0 amide bonds. The van der Waals surface area contributed by atoms with Crippen molar-refractivity contribution in [3.05, 3.63) is 54.3 Å². The molecule has 0 saturated carbocycles. The Balaban J connectivity index is 2.09. The van der Waals surface area contributed by atoms with Gasteiger partial charge in [0, 0.05) is 28.8 Å². The summed E-state index contributed by atoms with van der Waals surface area (Å²) in [7, 11) is 0. The van der Waals surface area contributed by atoms with E-state index in [1.54, 1.807) is 0 Å². The van der Waals surface area contributed by atoms with Gasteiger partial charge in [0.05, 0.1) is 24.4 Å². The summed E-state index contributed by atoms with van der Waals surface area (Å²) in [5, 5.41) is 0. The molecule has 1 aromatic carbocycles. The fourth-order valence-electron chi connectivity index (χ4n) is 4.23. The zero-order valence-corrected chi connectivity index (χ0v) is 21.8. The lowest BCUT2D eigenvalue weighted by molar-refractivity contribution is -0.0717. The Labute approximate surface area is 196 Å². The fraction of sp³-hybridized carbons (Fsp3) is 0.643. The first-order valence-corrected chi connectivity index (χ1v) is 12.0. The first-order chi connectivity index (χ1) is 14.7. The molecule has 0 radical (unpaired) electrons. The third kappa shape index (κ3) is 6.69. The van der Waals surface area contributed by atoms with E-state index in [-0.39, 0.29) is 22.0 Å². The number of para-hydroxylation sites is 1. The molecule has 2 rings (SSSR count). The first-order valence-electron chi connectivity index (χ1n) is 12.0.